The lowest BCUT2D eigenvalue weighted by Gasteiger charge is -2.18. The lowest BCUT2D eigenvalue weighted by atomic mass is 9.99. The van der Waals surface area contributed by atoms with E-state index < -0.39 is 17.4 Å². The number of rotatable bonds is 4. The summed E-state index contributed by atoms with van der Waals surface area (Å²) in [5, 5.41) is 7.85. The molecular weight excluding hydrogens is 320 g/mol. The molecule has 0 fully saturated rings. The van der Waals surface area contributed by atoms with Crippen LogP contribution in [0.3, 0.4) is 0 Å². The molecule has 0 saturated heterocycles. The Hall–Kier alpha value is -3.15. The van der Waals surface area contributed by atoms with Gasteiger partial charge in [-0.1, -0.05) is 24.3 Å². The molecule has 0 aromatic heterocycles. The second kappa shape index (κ2) is 6.05. The minimum Gasteiger partial charge on any atom is -0.454 e. The number of carbonyl (C=O) groups is 3. The number of nitrogens with zero attached hydrogens (tertiary/aromatic N) is 2. The van der Waals surface area contributed by atoms with Gasteiger partial charge in [0, 0.05) is 11.1 Å². The second-order valence-electron chi connectivity index (χ2n) is 6.64. The molecule has 126 valence electrons. The third-order valence-electron chi connectivity index (χ3n) is 3.49. The summed E-state index contributed by atoms with van der Waals surface area (Å²) >= 11 is 0. The first-order valence-corrected chi connectivity index (χ1v) is 7.73. The largest absolute Gasteiger partial charge is 0.454 e. The van der Waals surface area contributed by atoms with Crippen molar-refractivity contribution in [1.29, 1.82) is 0 Å². The summed E-state index contributed by atoms with van der Waals surface area (Å²) in [7, 11) is 0. The summed E-state index contributed by atoms with van der Waals surface area (Å²) in [6, 6.07) is 11.0. The molecule has 6 nitrogen and oxygen atoms in total. The van der Waals surface area contributed by atoms with Crippen LogP contribution in [-0.2, 0) is 9.53 Å². The van der Waals surface area contributed by atoms with E-state index in [0.29, 0.717) is 22.5 Å². The molecule has 1 heterocycles. The number of Topliss-reactive ketones (excluding diaryl/α,β-unsaturated/α-hetero) is 1. The van der Waals surface area contributed by atoms with Crippen molar-refractivity contribution in [2.45, 2.75) is 26.4 Å². The first kappa shape index (κ1) is 16.7. The van der Waals surface area contributed by atoms with E-state index in [-0.39, 0.29) is 11.3 Å². The van der Waals surface area contributed by atoms with E-state index in [1.54, 1.807) is 39.0 Å². The zero-order valence-electron chi connectivity index (χ0n) is 14.1. The van der Waals surface area contributed by atoms with Gasteiger partial charge in [0.25, 0.3) is 5.78 Å². The Morgan fingerprint density at radius 1 is 0.880 bits per heavy atom. The van der Waals surface area contributed by atoms with Crippen molar-refractivity contribution in [1.82, 2.24) is 0 Å². The van der Waals surface area contributed by atoms with E-state index in [0.717, 1.165) is 0 Å². The molecular formula is C19H16N2O4. The molecule has 0 aliphatic carbocycles. The predicted octanol–water partition coefficient (Wildman–Crippen LogP) is 4.17. The summed E-state index contributed by atoms with van der Waals surface area (Å²) in [6.45, 7) is 5.06. The summed E-state index contributed by atoms with van der Waals surface area (Å²) in [6.07, 6.45) is 0. The number of ketones is 2. The molecule has 2 bridgehead atoms. The monoisotopic (exact) mass is 336 g/mol. The van der Waals surface area contributed by atoms with E-state index in [9.17, 15) is 14.4 Å². The Labute approximate surface area is 144 Å². The third-order valence-corrected chi connectivity index (χ3v) is 3.49. The van der Waals surface area contributed by atoms with Crippen LogP contribution in [0, 0.1) is 0 Å². The van der Waals surface area contributed by atoms with Gasteiger partial charge >= 0.3 is 5.97 Å². The van der Waals surface area contributed by atoms with Gasteiger partial charge in [-0.15, -0.1) is 5.11 Å². The molecule has 1 aliphatic heterocycles. The van der Waals surface area contributed by atoms with E-state index >= 15 is 0 Å². The lowest BCUT2D eigenvalue weighted by molar-refractivity contribution is -0.148. The highest BCUT2D eigenvalue weighted by Crippen LogP contribution is 2.34. The van der Waals surface area contributed by atoms with Crippen molar-refractivity contribution in [3.8, 4) is 0 Å². The molecule has 0 radical (unpaired) electrons. The fourth-order valence-corrected chi connectivity index (χ4v) is 2.34. The highest BCUT2D eigenvalue weighted by Gasteiger charge is 2.24. The number of benzene rings is 2. The smallest absolute Gasteiger partial charge is 0.380 e. The second-order valence-corrected chi connectivity index (χ2v) is 6.64. The quantitative estimate of drug-likeness (QED) is 0.406. The van der Waals surface area contributed by atoms with Gasteiger partial charge in [0.15, 0.2) is 5.78 Å². The van der Waals surface area contributed by atoms with Crippen LogP contribution >= 0.6 is 0 Å². The molecule has 2 aromatic rings. The highest BCUT2D eigenvalue weighted by atomic mass is 16.6. The van der Waals surface area contributed by atoms with Crippen LogP contribution in [0.2, 0.25) is 0 Å². The number of hydrogen-bond donors (Lipinski definition) is 0. The van der Waals surface area contributed by atoms with Gasteiger partial charge in [-0.3, -0.25) is 9.59 Å². The molecule has 2 aromatic carbocycles. The van der Waals surface area contributed by atoms with Crippen molar-refractivity contribution in [2.24, 2.45) is 10.2 Å². The van der Waals surface area contributed by atoms with E-state index in [4.69, 9.17) is 4.74 Å². The van der Waals surface area contributed by atoms with Crippen molar-refractivity contribution in [3.05, 3.63) is 59.2 Å². The van der Waals surface area contributed by atoms with Crippen molar-refractivity contribution in [2.75, 3.05) is 0 Å². The minimum atomic E-state index is -0.921. The van der Waals surface area contributed by atoms with Crippen LogP contribution in [-0.4, -0.2) is 23.1 Å². The van der Waals surface area contributed by atoms with Gasteiger partial charge in [-0.05, 0) is 39.0 Å². The zero-order valence-corrected chi connectivity index (χ0v) is 14.1. The predicted molar refractivity (Wildman–Crippen MR) is 90.7 cm³/mol. The van der Waals surface area contributed by atoms with Gasteiger partial charge in [-0.2, -0.15) is 5.11 Å². The van der Waals surface area contributed by atoms with E-state index in [1.165, 1.54) is 24.3 Å². The fourth-order valence-electron chi connectivity index (χ4n) is 2.34. The Balaban J connectivity index is 1.79. The maximum Gasteiger partial charge on any atom is 0.380 e. The molecule has 25 heavy (non-hydrogen) atoms. The van der Waals surface area contributed by atoms with E-state index in [2.05, 4.69) is 10.2 Å². The Morgan fingerprint density at radius 3 is 2.16 bits per heavy atom. The van der Waals surface area contributed by atoms with Gasteiger partial charge in [-0.25, -0.2) is 4.79 Å². The normalized spacial score (nSPS) is 12.1. The molecule has 3 rings (SSSR count). The van der Waals surface area contributed by atoms with Gasteiger partial charge < -0.3 is 4.74 Å². The average Bonchev–Trinajstić information content (AvgIpc) is 2.93. The number of ether oxygens (including phenoxy) is 1. The van der Waals surface area contributed by atoms with Crippen LogP contribution in [0.4, 0.5) is 11.4 Å². The Morgan fingerprint density at radius 2 is 1.52 bits per heavy atom. The first-order valence-electron chi connectivity index (χ1n) is 7.73. The van der Waals surface area contributed by atoms with Crippen LogP contribution in [0.25, 0.3) is 0 Å². The van der Waals surface area contributed by atoms with Crippen molar-refractivity contribution >= 4 is 28.9 Å². The molecule has 0 unspecified atom stereocenters. The lowest BCUT2D eigenvalue weighted by Crippen LogP contribution is -2.29. The van der Waals surface area contributed by atoms with Gasteiger partial charge in [0.1, 0.15) is 5.60 Å². The molecule has 0 saturated carbocycles. The summed E-state index contributed by atoms with van der Waals surface area (Å²) < 4.78 is 5.06. The van der Waals surface area contributed by atoms with Crippen molar-refractivity contribution in [3.63, 3.8) is 0 Å². The topological polar surface area (TPSA) is 85.2 Å². The number of carbonyl (C=O) groups excluding carboxylic acids is 3. The molecule has 0 atom stereocenters. The van der Waals surface area contributed by atoms with Crippen LogP contribution in [0.1, 0.15) is 47.1 Å². The van der Waals surface area contributed by atoms with Crippen LogP contribution in [0.15, 0.2) is 52.7 Å². The standard InChI is InChI=1S/C19H16N2O4/c1-19(2,3)25-18(24)17(23)12-6-4-11(5-7-12)16(22)14-9-8-13-10-15(14)21-20-13/h4-10H,1-3H3. The number of esters is 1. The Kier molecular flexibility index (Phi) is 4.04. The van der Waals surface area contributed by atoms with Crippen LogP contribution in [0.5, 0.6) is 0 Å². The Bertz CT molecular complexity index is 906. The molecule has 0 N–H and O–H groups in total. The summed E-state index contributed by atoms with van der Waals surface area (Å²) in [4.78, 5) is 36.5. The van der Waals surface area contributed by atoms with Gasteiger partial charge in [0.2, 0.25) is 0 Å². The summed E-state index contributed by atoms with van der Waals surface area (Å²) in [5.74, 6) is -1.89. The maximum absolute atomic E-state index is 12.6. The highest BCUT2D eigenvalue weighted by molar-refractivity contribution is 6.40. The third kappa shape index (κ3) is 3.52. The molecule has 0 spiro atoms. The molecule has 0 amide bonds. The van der Waals surface area contributed by atoms with Crippen LogP contribution < -0.4 is 0 Å². The van der Waals surface area contributed by atoms with Crippen molar-refractivity contribution < 1.29 is 19.1 Å². The number of fused-ring (bicyclic) bond motifs is 2. The molecule has 1 aliphatic rings. The number of azo groups is 1. The first-order chi connectivity index (χ1) is 11.7. The zero-order chi connectivity index (χ0) is 18.2. The molecule has 6 heteroatoms. The number of hydrogen-bond acceptors (Lipinski definition) is 6. The average molecular weight is 336 g/mol. The maximum atomic E-state index is 12.6. The van der Waals surface area contributed by atoms with Gasteiger partial charge in [0.05, 0.1) is 16.9 Å². The van der Waals surface area contributed by atoms with E-state index in [1.807, 2.05) is 0 Å². The minimum absolute atomic E-state index is 0.172. The fraction of sp³-hybridized carbons (Fsp3) is 0.211. The SMILES string of the molecule is CC(C)(C)OC(=O)C(=O)c1ccc(C(=O)c2ccc3cc2N=N3)cc1. The summed E-state index contributed by atoms with van der Waals surface area (Å²) in [5.41, 5.74) is 1.50.